The Labute approximate surface area is 127 Å². The van der Waals surface area contributed by atoms with Crippen LogP contribution in [0, 0.1) is 11.8 Å². The lowest BCUT2D eigenvalue weighted by molar-refractivity contribution is -0.126. The molecule has 4 nitrogen and oxygen atoms in total. The van der Waals surface area contributed by atoms with E-state index in [1.807, 2.05) is 37.3 Å². The quantitative estimate of drug-likeness (QED) is 0.844. The Morgan fingerprint density at radius 1 is 1.43 bits per heavy atom. The molecule has 0 bridgehead atoms. The second-order valence-electron chi connectivity index (χ2n) is 5.94. The lowest BCUT2D eigenvalue weighted by Gasteiger charge is -2.31. The Bertz CT molecular complexity index is 436. The smallest absolute Gasteiger partial charge is 0.223 e. The number of hydrogen-bond donors (Lipinski definition) is 2. The fraction of sp³-hybridized carbons (Fsp3) is 0.588. The van der Waals surface area contributed by atoms with Crippen molar-refractivity contribution in [3.63, 3.8) is 0 Å². The zero-order chi connectivity index (χ0) is 15.1. The molecule has 116 valence electrons. The Hall–Kier alpha value is -1.55. The average molecular weight is 290 g/mol. The van der Waals surface area contributed by atoms with Crippen LogP contribution in [0.25, 0.3) is 0 Å². The van der Waals surface area contributed by atoms with Crippen LogP contribution in [0.4, 0.5) is 0 Å². The van der Waals surface area contributed by atoms with E-state index in [2.05, 4.69) is 17.6 Å². The fourth-order valence-electron chi connectivity index (χ4n) is 2.51. The van der Waals surface area contributed by atoms with E-state index in [9.17, 15) is 4.79 Å². The minimum absolute atomic E-state index is 0.0251. The largest absolute Gasteiger partial charge is 0.494 e. The van der Waals surface area contributed by atoms with Crippen LogP contribution in [0.3, 0.4) is 0 Å². The number of carbonyl (C=O) groups excluding carboxylic acids is 1. The Morgan fingerprint density at radius 2 is 2.19 bits per heavy atom. The van der Waals surface area contributed by atoms with Crippen molar-refractivity contribution in [2.75, 3.05) is 19.7 Å². The molecule has 1 aromatic rings. The maximum Gasteiger partial charge on any atom is 0.223 e. The average Bonchev–Trinajstić information content (AvgIpc) is 2.50. The third-order valence-corrected chi connectivity index (χ3v) is 4.17. The molecule has 0 saturated carbocycles. The molecule has 0 radical (unpaired) electrons. The zero-order valence-corrected chi connectivity index (χ0v) is 13.0. The van der Waals surface area contributed by atoms with Gasteiger partial charge in [-0.25, -0.2) is 0 Å². The predicted octanol–water partition coefficient (Wildman–Crippen LogP) is 2.21. The Balaban J connectivity index is 1.69. The van der Waals surface area contributed by atoms with Crippen LogP contribution in [0.1, 0.15) is 26.7 Å². The van der Waals surface area contributed by atoms with E-state index in [1.165, 1.54) is 0 Å². The van der Waals surface area contributed by atoms with E-state index >= 15 is 0 Å². The first-order valence-electron chi connectivity index (χ1n) is 7.85. The molecule has 1 heterocycles. The lowest BCUT2D eigenvalue weighted by atomic mass is 9.94. The maximum absolute atomic E-state index is 12.2. The Kier molecular flexibility index (Phi) is 6.05. The van der Waals surface area contributed by atoms with Gasteiger partial charge in [0, 0.05) is 18.5 Å². The highest BCUT2D eigenvalue weighted by molar-refractivity contribution is 5.78. The molecule has 1 aliphatic rings. The van der Waals surface area contributed by atoms with Gasteiger partial charge in [-0.3, -0.25) is 4.79 Å². The van der Waals surface area contributed by atoms with Crippen LogP contribution in [-0.2, 0) is 4.79 Å². The molecule has 1 fully saturated rings. The molecular formula is C17H26N2O2. The second-order valence-corrected chi connectivity index (χ2v) is 5.94. The number of carbonyl (C=O) groups is 1. The summed E-state index contributed by atoms with van der Waals surface area (Å²) in [7, 11) is 0. The van der Waals surface area contributed by atoms with Gasteiger partial charge in [0.25, 0.3) is 0 Å². The molecule has 4 heteroatoms. The number of piperidine rings is 1. The van der Waals surface area contributed by atoms with Crippen LogP contribution < -0.4 is 15.4 Å². The highest BCUT2D eigenvalue weighted by atomic mass is 16.5. The van der Waals surface area contributed by atoms with Gasteiger partial charge in [-0.2, -0.15) is 0 Å². The van der Waals surface area contributed by atoms with Crippen LogP contribution in [0.5, 0.6) is 5.75 Å². The summed E-state index contributed by atoms with van der Waals surface area (Å²) in [5.74, 6) is 1.51. The molecule has 1 aliphatic heterocycles. The summed E-state index contributed by atoms with van der Waals surface area (Å²) >= 11 is 0. The third kappa shape index (κ3) is 5.05. The summed E-state index contributed by atoms with van der Waals surface area (Å²) in [5, 5.41) is 6.49. The molecule has 0 aliphatic carbocycles. The van der Waals surface area contributed by atoms with Crippen LogP contribution in [0.15, 0.2) is 30.3 Å². The van der Waals surface area contributed by atoms with Gasteiger partial charge in [-0.1, -0.05) is 32.0 Å². The minimum Gasteiger partial charge on any atom is -0.494 e. The summed E-state index contributed by atoms with van der Waals surface area (Å²) in [6.45, 7) is 6.66. The number of ether oxygens (including phenoxy) is 1. The van der Waals surface area contributed by atoms with E-state index in [0.29, 0.717) is 12.5 Å². The monoisotopic (exact) mass is 290 g/mol. The summed E-state index contributed by atoms with van der Waals surface area (Å²) in [4.78, 5) is 12.2. The number of rotatable bonds is 6. The standard InChI is InChI=1S/C17H26N2O2/c1-13-8-10-18-12-16(13)19-17(20)14(2)9-11-21-15-6-4-3-5-7-15/h3-7,13-14,16,18H,8-12H2,1-2H3,(H,19,20). The van der Waals surface area contributed by atoms with Gasteiger partial charge in [0.1, 0.15) is 5.75 Å². The van der Waals surface area contributed by atoms with Gasteiger partial charge < -0.3 is 15.4 Å². The van der Waals surface area contributed by atoms with Gasteiger partial charge >= 0.3 is 0 Å². The van der Waals surface area contributed by atoms with Crippen molar-refractivity contribution in [3.05, 3.63) is 30.3 Å². The summed E-state index contributed by atoms with van der Waals surface area (Å²) in [6, 6.07) is 9.97. The molecule has 2 rings (SSSR count). The first-order valence-corrected chi connectivity index (χ1v) is 7.85. The molecule has 3 unspecified atom stereocenters. The molecule has 1 aromatic carbocycles. The second kappa shape index (κ2) is 8.03. The summed E-state index contributed by atoms with van der Waals surface area (Å²) in [6.07, 6.45) is 1.85. The van der Waals surface area contributed by atoms with Crippen molar-refractivity contribution in [3.8, 4) is 5.75 Å². The molecule has 2 N–H and O–H groups in total. The first-order chi connectivity index (χ1) is 10.2. The van der Waals surface area contributed by atoms with Crippen LogP contribution in [0.2, 0.25) is 0 Å². The molecule has 1 amide bonds. The fourth-order valence-corrected chi connectivity index (χ4v) is 2.51. The van der Waals surface area contributed by atoms with E-state index in [-0.39, 0.29) is 17.9 Å². The molecule has 0 spiro atoms. The number of amides is 1. The molecule has 3 atom stereocenters. The van der Waals surface area contributed by atoms with Crippen molar-refractivity contribution in [2.24, 2.45) is 11.8 Å². The number of para-hydroxylation sites is 1. The summed E-state index contributed by atoms with van der Waals surface area (Å²) in [5.41, 5.74) is 0. The van der Waals surface area contributed by atoms with Crippen LogP contribution >= 0.6 is 0 Å². The van der Waals surface area contributed by atoms with Gasteiger partial charge in [0.15, 0.2) is 0 Å². The number of hydrogen-bond acceptors (Lipinski definition) is 3. The van der Waals surface area contributed by atoms with Crippen molar-refractivity contribution >= 4 is 5.91 Å². The van der Waals surface area contributed by atoms with Crippen molar-refractivity contribution in [1.29, 1.82) is 0 Å². The van der Waals surface area contributed by atoms with Crippen molar-refractivity contribution in [2.45, 2.75) is 32.7 Å². The first kappa shape index (κ1) is 15.8. The maximum atomic E-state index is 12.2. The van der Waals surface area contributed by atoms with E-state index < -0.39 is 0 Å². The predicted molar refractivity (Wildman–Crippen MR) is 84.3 cm³/mol. The minimum atomic E-state index is -0.0251. The highest BCUT2D eigenvalue weighted by Crippen LogP contribution is 2.14. The topological polar surface area (TPSA) is 50.4 Å². The van der Waals surface area contributed by atoms with Crippen molar-refractivity contribution < 1.29 is 9.53 Å². The van der Waals surface area contributed by atoms with Crippen molar-refractivity contribution in [1.82, 2.24) is 10.6 Å². The highest BCUT2D eigenvalue weighted by Gasteiger charge is 2.24. The van der Waals surface area contributed by atoms with E-state index in [0.717, 1.165) is 31.7 Å². The van der Waals surface area contributed by atoms with E-state index in [1.54, 1.807) is 0 Å². The third-order valence-electron chi connectivity index (χ3n) is 4.17. The van der Waals surface area contributed by atoms with Gasteiger partial charge in [0.2, 0.25) is 5.91 Å². The van der Waals surface area contributed by atoms with E-state index in [4.69, 9.17) is 4.74 Å². The van der Waals surface area contributed by atoms with Gasteiger partial charge in [-0.15, -0.1) is 0 Å². The molecular weight excluding hydrogens is 264 g/mol. The SMILES string of the molecule is CC(CCOc1ccccc1)C(=O)NC1CNCCC1C. The Morgan fingerprint density at radius 3 is 2.90 bits per heavy atom. The molecule has 1 saturated heterocycles. The number of nitrogens with one attached hydrogen (secondary N) is 2. The van der Waals surface area contributed by atoms with Crippen LogP contribution in [-0.4, -0.2) is 31.6 Å². The van der Waals surface area contributed by atoms with Gasteiger partial charge in [-0.05, 0) is 37.4 Å². The summed E-state index contributed by atoms with van der Waals surface area (Å²) < 4.78 is 5.65. The van der Waals surface area contributed by atoms with Gasteiger partial charge in [0.05, 0.1) is 6.61 Å². The molecule has 0 aromatic heterocycles. The normalized spacial score (nSPS) is 23.3. The number of benzene rings is 1. The lowest BCUT2D eigenvalue weighted by Crippen LogP contribution is -2.51. The zero-order valence-electron chi connectivity index (χ0n) is 13.0. The molecule has 21 heavy (non-hydrogen) atoms.